The van der Waals surface area contributed by atoms with Crippen LogP contribution in [0.15, 0.2) is 122 Å². The first kappa shape index (κ1) is 70.7. The van der Waals surface area contributed by atoms with Gasteiger partial charge < -0.3 is 60.2 Å². The maximum atomic E-state index is 15.0. The lowest BCUT2D eigenvalue weighted by molar-refractivity contribution is -0.124. The molecule has 4 aliphatic carbocycles. The number of rotatable bonds is 12. The number of nitrogens with one attached hydrogen (secondary N) is 4. The predicted molar refractivity (Wildman–Crippen MR) is 457 cm³/mol. The van der Waals surface area contributed by atoms with Gasteiger partial charge in [0.25, 0.3) is 70.5 Å². The van der Waals surface area contributed by atoms with Crippen molar-refractivity contribution >= 4 is 185 Å². The molecule has 0 bridgehead atoms. The number of aromatic nitrogens is 4. The van der Waals surface area contributed by atoms with E-state index in [1.165, 1.54) is 82.0 Å². The van der Waals surface area contributed by atoms with Crippen molar-refractivity contribution in [2.45, 2.75) is 127 Å². The number of nitrogens with zero attached hydrogens (tertiary/aromatic N) is 16. The van der Waals surface area contributed by atoms with Crippen LogP contribution in [-0.4, -0.2) is 138 Å². The van der Waals surface area contributed by atoms with Crippen molar-refractivity contribution in [1.82, 2.24) is 41.2 Å². The topological polar surface area (TPSA) is 280 Å². The molecule has 4 aromatic heterocycles. The number of hydrogen-bond donors (Lipinski definition) is 4. The normalized spacial score (nSPS) is 18.5. The second kappa shape index (κ2) is 33.1. The quantitative estimate of drug-likeness (QED) is 0.0502. The highest BCUT2D eigenvalue weighted by molar-refractivity contribution is 7.81. The van der Waals surface area contributed by atoms with Crippen molar-refractivity contribution in [1.29, 1.82) is 0 Å². The summed E-state index contributed by atoms with van der Waals surface area (Å²) in [6.45, 7) is 32.5. The van der Waals surface area contributed by atoms with Crippen LogP contribution in [0.3, 0.4) is 0 Å². The number of aryl methyl sites for hydroxylation is 4. The smallest absolute Gasteiger partial charge is 0.272 e. The highest BCUT2D eigenvalue weighted by atomic mass is 32.1. The average Bonchev–Trinajstić information content (AvgIpc) is 1.55. The van der Waals surface area contributed by atoms with Crippen LogP contribution in [0.5, 0.6) is 0 Å². The summed E-state index contributed by atoms with van der Waals surface area (Å²) in [6.07, 6.45) is 5.14. The first-order valence-corrected chi connectivity index (χ1v) is 38.3. The Kier molecular flexibility index (Phi) is 19.5. The molecule has 4 aromatic carbocycles. The van der Waals surface area contributed by atoms with Crippen LogP contribution in [0.4, 0.5) is 86.3 Å². The Labute approximate surface area is 723 Å². The number of benzene rings is 4. The molecular formula is C84H72F4N20O8S4. The summed E-state index contributed by atoms with van der Waals surface area (Å²) in [4.78, 5) is 142. The summed E-state index contributed by atoms with van der Waals surface area (Å²) in [7, 11) is 4.04. The van der Waals surface area contributed by atoms with E-state index in [1.807, 2.05) is 0 Å². The first-order chi connectivity index (χ1) is 61.8. The Balaban J connectivity index is 0.000000149. The molecule has 8 amide bonds. The van der Waals surface area contributed by atoms with Gasteiger partial charge in [-0.3, -0.25) is 58.0 Å². The maximum Gasteiger partial charge on any atom is 0.272 e. The fourth-order valence-electron chi connectivity index (χ4n) is 15.1. The molecular weight excluding hydrogens is 1620 g/mol. The number of hydrogen-bond acceptors (Lipinski definition) is 16. The molecule has 28 nitrogen and oxygen atoms in total. The fourth-order valence-corrected chi connectivity index (χ4v) is 16.9. The summed E-state index contributed by atoms with van der Waals surface area (Å²) in [5, 5.41) is 8.58. The Hall–Kier alpha value is -13.5. The van der Waals surface area contributed by atoms with E-state index in [2.05, 4.69) is 55.3 Å². The molecule has 4 saturated carbocycles. The van der Waals surface area contributed by atoms with Gasteiger partial charge in [0.05, 0.1) is 50.5 Å². The molecule has 0 radical (unpaired) electrons. The van der Waals surface area contributed by atoms with Crippen LogP contribution in [0.2, 0.25) is 0 Å². The van der Waals surface area contributed by atoms with Crippen LogP contribution in [0.1, 0.15) is 156 Å². The second-order valence-corrected chi connectivity index (χ2v) is 30.0. The van der Waals surface area contributed by atoms with E-state index < -0.39 is 117 Å². The van der Waals surface area contributed by atoms with Gasteiger partial charge in [-0.2, -0.15) is 0 Å². The number of thiocarbonyl (C=S) groups is 4. The molecule has 8 fully saturated rings. The molecule has 8 heterocycles. The highest BCUT2D eigenvalue weighted by Gasteiger charge is 2.64. The van der Waals surface area contributed by atoms with E-state index in [4.69, 9.17) is 90.2 Å². The zero-order valence-electron chi connectivity index (χ0n) is 75.5. The first-order valence-electron chi connectivity index (χ1n) is 42.2. The van der Waals surface area contributed by atoms with Crippen molar-refractivity contribution in [3.63, 3.8) is 0 Å². The minimum absolute atomic E-state index is 0.0223. The van der Waals surface area contributed by atoms with E-state index in [1.54, 1.807) is 50.0 Å². The molecule has 4 N–H and O–H groups in total. The number of halogens is 4. The third kappa shape index (κ3) is 14.0. The van der Waals surface area contributed by atoms with Gasteiger partial charge in [-0.25, -0.2) is 17.6 Å². The predicted octanol–water partition coefficient (Wildman–Crippen LogP) is 14.0. The van der Waals surface area contributed by atoms with Crippen molar-refractivity contribution < 1.29 is 71.0 Å². The number of anilines is 8. The number of amides is 8. The Morgan fingerprint density at radius 2 is 0.625 bits per heavy atom. The molecule has 4 saturated heterocycles. The van der Waals surface area contributed by atoms with Gasteiger partial charge in [0.1, 0.15) is 75.6 Å². The number of carbonyl (C=O) groups excluding carboxylic acids is 8. The molecule has 120 heavy (non-hydrogen) atoms. The SMILES string of the molecule is [2H]c1cc(C(=O)NC)c(F)c([2H])c1N1C(=S)N(c2cc(C)c([N+]#[C-])nc2[2H])C(=O)C12CCC2.[2H]c1cc(C(=O)NC)c(F)c([2H])c1N1C(=S)N(c2cc(C)c([N+]#[C-])nc2[2H])C(=O)C12CCC2.[2H]c1nc([N+]#[C-])c(C)cc1N1C(=O)C2(CCC2)N(c2ccc(C(=O)NC([2H])([2H])[2H])c(F)c2)C1=S.[2H]c1nc([N+]#[C-])c(C)cc1N1C(=O)C2(CCC2)N(c2ccc(C(=O)NC)c(F)c2)C1=S. The van der Waals surface area contributed by atoms with Crippen LogP contribution >= 0.6 is 48.9 Å². The molecule has 4 aliphatic heterocycles. The molecule has 0 atom stereocenters. The molecule has 8 aliphatic rings. The van der Waals surface area contributed by atoms with Crippen molar-refractivity contribution in [2.75, 3.05) is 67.3 Å². The Morgan fingerprint density at radius 3 is 0.842 bits per heavy atom. The Bertz CT molecular complexity index is 6420. The molecule has 36 heteroatoms. The van der Waals surface area contributed by atoms with Gasteiger partial charge in [-0.15, -0.1) is 19.9 Å². The lowest BCUT2D eigenvalue weighted by Crippen LogP contribution is -2.55. The van der Waals surface area contributed by atoms with Gasteiger partial charge in [-0.1, -0.05) is 26.3 Å². The fraction of sp³-hybridized carbons (Fsp3) is 0.286. The molecule has 16 rings (SSSR count). The van der Waals surface area contributed by atoms with Gasteiger partial charge in [0.15, 0.2) is 20.4 Å². The molecule has 8 aromatic rings. The number of carbonyl (C=O) groups is 8. The van der Waals surface area contributed by atoms with Gasteiger partial charge in [-0.05, 0) is 273 Å². The minimum atomic E-state index is -2.77. The van der Waals surface area contributed by atoms with E-state index in [0.29, 0.717) is 92.1 Å². The van der Waals surface area contributed by atoms with Gasteiger partial charge in [0.2, 0.25) is 0 Å². The van der Waals surface area contributed by atoms with E-state index in [0.717, 1.165) is 46.9 Å². The lowest BCUT2D eigenvalue weighted by Gasteiger charge is -2.43. The molecule has 4 spiro atoms. The average molecular weight is 1700 g/mol. The van der Waals surface area contributed by atoms with Crippen LogP contribution < -0.4 is 60.5 Å². The van der Waals surface area contributed by atoms with Crippen LogP contribution in [0, 0.1) is 77.3 Å². The summed E-state index contributed by atoms with van der Waals surface area (Å²) < 4.78 is 147. The van der Waals surface area contributed by atoms with Gasteiger partial charge in [0, 0.05) is 55.0 Å². The van der Waals surface area contributed by atoms with E-state index >= 15 is 0 Å². The lowest BCUT2D eigenvalue weighted by atomic mass is 9.75. The molecule has 608 valence electrons. The second-order valence-electron chi connectivity index (χ2n) is 28.6. The van der Waals surface area contributed by atoms with Crippen LogP contribution in [-0.2, 0) is 19.2 Å². The summed E-state index contributed by atoms with van der Waals surface area (Å²) in [6, 6.07) is 13.6. The van der Waals surface area contributed by atoms with Crippen molar-refractivity contribution in [3.8, 4) is 0 Å². The third-order valence-electron chi connectivity index (χ3n) is 22.0. The summed E-state index contributed by atoms with van der Waals surface area (Å²) in [5.74, 6) is -8.52. The maximum absolute atomic E-state index is 15.0. The van der Waals surface area contributed by atoms with Crippen molar-refractivity contribution in [2.24, 2.45) is 0 Å². The number of pyridine rings is 4. The van der Waals surface area contributed by atoms with Gasteiger partial charge >= 0.3 is 0 Å². The summed E-state index contributed by atoms with van der Waals surface area (Å²) in [5.41, 5.74) is -3.39. The summed E-state index contributed by atoms with van der Waals surface area (Å²) >= 11 is 22.4. The standard InChI is InChI=1S/4C21H18FN5O2S/c4*1-12-9-14(11-25-17(12)23-2)26-19(29)21(7-4-8-21)27(20(26)30)13-5-6-15(16(22)10-13)18(28)24-3/h4*5-6,9-11H,4,7-8H2,1,3H3,(H,24,28)/i2*5D,10D,11D;3D3,11D;11D. The van der Waals surface area contributed by atoms with E-state index in [-0.39, 0.29) is 138 Å². The van der Waals surface area contributed by atoms with Crippen LogP contribution in [0.25, 0.3) is 19.4 Å². The van der Waals surface area contributed by atoms with Crippen molar-refractivity contribution in [3.05, 3.63) is 235 Å². The minimum Gasteiger partial charge on any atom is -0.360 e. The molecule has 0 unspecified atom stereocenters. The Morgan fingerprint density at radius 1 is 0.383 bits per heavy atom. The zero-order valence-corrected chi connectivity index (χ0v) is 67.7. The third-order valence-corrected chi connectivity index (χ3v) is 23.4. The monoisotopic (exact) mass is 1700 g/mol. The van der Waals surface area contributed by atoms with E-state index in [9.17, 15) is 55.9 Å². The largest absolute Gasteiger partial charge is 0.360 e. The zero-order chi connectivity index (χ0) is 96.0. The highest BCUT2D eigenvalue weighted by Crippen LogP contribution is 2.53.